The van der Waals surface area contributed by atoms with Crippen LogP contribution in [-0.4, -0.2) is 17.1 Å². The number of anilines is 1. The van der Waals surface area contributed by atoms with Crippen molar-refractivity contribution in [3.63, 3.8) is 0 Å². The summed E-state index contributed by atoms with van der Waals surface area (Å²) in [5, 5.41) is 5.83. The summed E-state index contributed by atoms with van der Waals surface area (Å²) in [4.78, 5) is 17.6. The molecule has 0 aliphatic heterocycles. The minimum absolute atomic E-state index is 0.102. The van der Waals surface area contributed by atoms with Crippen LogP contribution in [0.3, 0.4) is 0 Å². The molecule has 0 radical (unpaired) electrons. The number of hydrogen-bond donors (Lipinski definition) is 1. The number of amides is 1. The smallest absolute Gasteiger partial charge is 0.255 e. The maximum Gasteiger partial charge on any atom is 0.255 e. The highest BCUT2D eigenvalue weighted by Gasteiger charge is 2.06. The Bertz CT molecular complexity index is 750. The molecule has 22 heavy (non-hydrogen) atoms. The van der Waals surface area contributed by atoms with E-state index in [4.69, 9.17) is 0 Å². The van der Waals surface area contributed by atoms with E-state index in [-0.39, 0.29) is 5.91 Å². The lowest BCUT2D eigenvalue weighted by Crippen LogP contribution is -2.11. The van der Waals surface area contributed by atoms with E-state index in [0.717, 1.165) is 21.2 Å². The van der Waals surface area contributed by atoms with Crippen molar-refractivity contribution in [2.75, 3.05) is 11.6 Å². The van der Waals surface area contributed by atoms with Crippen LogP contribution in [0.5, 0.6) is 0 Å². The summed E-state index contributed by atoms with van der Waals surface area (Å²) >= 11 is 3.25. The minimum atomic E-state index is -0.102. The minimum Gasteiger partial charge on any atom is -0.322 e. The van der Waals surface area contributed by atoms with Gasteiger partial charge in [0.25, 0.3) is 5.91 Å². The molecule has 0 saturated heterocycles. The van der Waals surface area contributed by atoms with Crippen molar-refractivity contribution in [3.8, 4) is 10.6 Å². The fourth-order valence-corrected chi connectivity index (χ4v) is 3.06. The standard InChI is InChI=1S/C17H14N2OS2/c1-21-15-8-4-12(5-9-15)16(20)19-14-6-2-13(3-7-14)17-18-10-11-22-17/h2-11H,1H3,(H,19,20). The lowest BCUT2D eigenvalue weighted by Gasteiger charge is -2.06. The van der Waals surface area contributed by atoms with Crippen molar-refractivity contribution >= 4 is 34.7 Å². The molecular formula is C17H14N2OS2. The van der Waals surface area contributed by atoms with Gasteiger partial charge in [0.2, 0.25) is 0 Å². The zero-order valence-corrected chi connectivity index (χ0v) is 13.6. The molecule has 0 aliphatic rings. The molecule has 1 aromatic heterocycles. The Hall–Kier alpha value is -2.11. The Morgan fingerprint density at radius 2 is 1.82 bits per heavy atom. The molecule has 1 N–H and O–H groups in total. The van der Waals surface area contributed by atoms with Crippen molar-refractivity contribution in [2.24, 2.45) is 0 Å². The second kappa shape index (κ2) is 6.77. The number of rotatable bonds is 4. The van der Waals surface area contributed by atoms with Crippen LogP contribution in [0.4, 0.5) is 5.69 Å². The van der Waals surface area contributed by atoms with Gasteiger partial charge in [-0.25, -0.2) is 4.98 Å². The second-order valence-electron chi connectivity index (χ2n) is 4.60. The molecule has 0 unspecified atom stereocenters. The molecule has 3 rings (SSSR count). The summed E-state index contributed by atoms with van der Waals surface area (Å²) in [5.74, 6) is -0.102. The number of hydrogen-bond acceptors (Lipinski definition) is 4. The molecule has 3 aromatic rings. The van der Waals surface area contributed by atoms with E-state index in [1.54, 1.807) is 29.3 Å². The van der Waals surface area contributed by atoms with Crippen LogP contribution in [0.1, 0.15) is 10.4 Å². The molecule has 0 aliphatic carbocycles. The van der Waals surface area contributed by atoms with Crippen LogP contribution in [0.2, 0.25) is 0 Å². The third-order valence-corrected chi connectivity index (χ3v) is 4.74. The Kier molecular flexibility index (Phi) is 4.56. The van der Waals surface area contributed by atoms with Gasteiger partial charge in [0.1, 0.15) is 5.01 Å². The van der Waals surface area contributed by atoms with Crippen LogP contribution in [0.15, 0.2) is 65.0 Å². The molecule has 110 valence electrons. The molecule has 0 spiro atoms. The predicted octanol–water partition coefficient (Wildman–Crippen LogP) is 4.78. The molecule has 0 bridgehead atoms. The second-order valence-corrected chi connectivity index (χ2v) is 6.37. The molecule has 0 atom stereocenters. The van der Waals surface area contributed by atoms with Gasteiger partial charge in [0.05, 0.1) is 0 Å². The quantitative estimate of drug-likeness (QED) is 0.701. The third kappa shape index (κ3) is 3.37. The zero-order valence-electron chi connectivity index (χ0n) is 11.9. The van der Waals surface area contributed by atoms with E-state index in [9.17, 15) is 4.79 Å². The Morgan fingerprint density at radius 3 is 2.41 bits per heavy atom. The van der Waals surface area contributed by atoms with Crippen molar-refractivity contribution in [1.29, 1.82) is 0 Å². The third-order valence-electron chi connectivity index (χ3n) is 3.17. The molecule has 1 amide bonds. The number of aromatic nitrogens is 1. The highest BCUT2D eigenvalue weighted by atomic mass is 32.2. The van der Waals surface area contributed by atoms with Crippen molar-refractivity contribution in [1.82, 2.24) is 4.98 Å². The van der Waals surface area contributed by atoms with E-state index >= 15 is 0 Å². The monoisotopic (exact) mass is 326 g/mol. The topological polar surface area (TPSA) is 42.0 Å². The summed E-state index contributed by atoms with van der Waals surface area (Å²) < 4.78 is 0. The molecule has 3 nitrogen and oxygen atoms in total. The number of nitrogens with one attached hydrogen (secondary N) is 1. The van der Waals surface area contributed by atoms with Gasteiger partial charge in [-0.15, -0.1) is 23.1 Å². The maximum atomic E-state index is 12.2. The first-order valence-corrected chi connectivity index (χ1v) is 8.82. The number of carbonyl (C=O) groups excluding carboxylic acids is 1. The number of carbonyl (C=O) groups is 1. The maximum absolute atomic E-state index is 12.2. The van der Waals surface area contributed by atoms with Crippen LogP contribution in [-0.2, 0) is 0 Å². The van der Waals surface area contributed by atoms with Crippen LogP contribution in [0.25, 0.3) is 10.6 Å². The summed E-state index contributed by atoms with van der Waals surface area (Å²) in [6, 6.07) is 15.3. The summed E-state index contributed by atoms with van der Waals surface area (Å²) in [6.07, 6.45) is 3.80. The van der Waals surface area contributed by atoms with Crippen LogP contribution < -0.4 is 5.32 Å². The first kappa shape index (κ1) is 14.8. The Balaban J connectivity index is 1.71. The molecule has 2 aromatic carbocycles. The molecule has 5 heteroatoms. The summed E-state index contributed by atoms with van der Waals surface area (Å²) in [7, 11) is 0. The number of nitrogens with zero attached hydrogens (tertiary/aromatic N) is 1. The van der Waals surface area contributed by atoms with Crippen molar-refractivity contribution < 1.29 is 4.79 Å². The average molecular weight is 326 g/mol. The largest absolute Gasteiger partial charge is 0.322 e. The molecule has 0 saturated carbocycles. The average Bonchev–Trinajstić information content (AvgIpc) is 3.10. The van der Waals surface area contributed by atoms with E-state index < -0.39 is 0 Å². The van der Waals surface area contributed by atoms with Gasteiger partial charge in [0, 0.05) is 33.3 Å². The lowest BCUT2D eigenvalue weighted by atomic mass is 10.2. The van der Waals surface area contributed by atoms with Gasteiger partial charge >= 0.3 is 0 Å². The Labute approximate surface area is 137 Å². The van der Waals surface area contributed by atoms with Gasteiger partial charge in [-0.2, -0.15) is 0 Å². The van der Waals surface area contributed by atoms with E-state index in [0.29, 0.717) is 5.56 Å². The summed E-state index contributed by atoms with van der Waals surface area (Å²) in [6.45, 7) is 0. The SMILES string of the molecule is CSc1ccc(C(=O)Nc2ccc(-c3nccs3)cc2)cc1. The molecule has 0 fully saturated rings. The number of benzene rings is 2. The Morgan fingerprint density at radius 1 is 1.09 bits per heavy atom. The van der Waals surface area contributed by atoms with Gasteiger partial charge in [0.15, 0.2) is 0 Å². The predicted molar refractivity (Wildman–Crippen MR) is 93.7 cm³/mol. The lowest BCUT2D eigenvalue weighted by molar-refractivity contribution is 0.102. The number of thioether (sulfide) groups is 1. The van der Waals surface area contributed by atoms with Gasteiger partial charge < -0.3 is 5.32 Å². The van der Waals surface area contributed by atoms with Crippen LogP contribution >= 0.6 is 23.1 Å². The number of thiazole rings is 1. The van der Waals surface area contributed by atoms with Gasteiger partial charge in [-0.3, -0.25) is 4.79 Å². The van der Waals surface area contributed by atoms with Crippen molar-refractivity contribution in [3.05, 3.63) is 65.7 Å². The van der Waals surface area contributed by atoms with E-state index in [2.05, 4.69) is 10.3 Å². The van der Waals surface area contributed by atoms with Gasteiger partial charge in [-0.05, 0) is 54.8 Å². The van der Waals surface area contributed by atoms with E-state index in [1.165, 1.54) is 0 Å². The highest BCUT2D eigenvalue weighted by molar-refractivity contribution is 7.98. The van der Waals surface area contributed by atoms with Gasteiger partial charge in [-0.1, -0.05) is 0 Å². The fraction of sp³-hybridized carbons (Fsp3) is 0.0588. The normalized spacial score (nSPS) is 10.4. The summed E-state index contributed by atoms with van der Waals surface area (Å²) in [5.41, 5.74) is 2.48. The van der Waals surface area contributed by atoms with E-state index in [1.807, 2.05) is 60.2 Å². The zero-order chi connectivity index (χ0) is 15.4. The first-order valence-electron chi connectivity index (χ1n) is 6.71. The molecule has 1 heterocycles. The first-order chi connectivity index (χ1) is 10.8. The molecular weight excluding hydrogens is 312 g/mol. The highest BCUT2D eigenvalue weighted by Crippen LogP contribution is 2.23. The van der Waals surface area contributed by atoms with Crippen molar-refractivity contribution in [2.45, 2.75) is 4.90 Å². The fourth-order valence-electron chi connectivity index (χ4n) is 2.01. The van der Waals surface area contributed by atoms with Crippen LogP contribution in [0, 0.1) is 0 Å².